The zero-order chi connectivity index (χ0) is 18.9. The molecule has 0 saturated heterocycles. The first-order valence-electron chi connectivity index (χ1n) is 9.53. The van der Waals surface area contributed by atoms with Crippen molar-refractivity contribution in [2.24, 2.45) is 5.92 Å². The molecule has 1 fully saturated rings. The Hall–Kier alpha value is -0.580. The van der Waals surface area contributed by atoms with E-state index in [4.69, 9.17) is 27.9 Å². The third-order valence-corrected chi connectivity index (χ3v) is 6.55. The number of carbonyl (C=O) groups is 1. The van der Waals surface area contributed by atoms with E-state index in [1.807, 2.05) is 11.8 Å². The monoisotopic (exact) mass is 417 g/mol. The van der Waals surface area contributed by atoms with Gasteiger partial charge in [-0.15, -0.1) is 0 Å². The second kappa shape index (κ2) is 11.3. The van der Waals surface area contributed by atoms with Gasteiger partial charge >= 0.3 is 0 Å². The third kappa shape index (κ3) is 6.54. The molecule has 0 aliphatic heterocycles. The Morgan fingerprint density at radius 3 is 2.58 bits per heavy atom. The Morgan fingerprint density at radius 1 is 1.23 bits per heavy atom. The molecule has 0 aromatic heterocycles. The first-order chi connectivity index (χ1) is 12.5. The molecule has 1 saturated carbocycles. The number of amides is 1. The van der Waals surface area contributed by atoms with Crippen LogP contribution in [0.15, 0.2) is 12.1 Å². The van der Waals surface area contributed by atoms with E-state index < -0.39 is 0 Å². The fraction of sp³-hybridized carbons (Fsp3) is 0.650. The number of halogens is 2. The van der Waals surface area contributed by atoms with Crippen LogP contribution < -0.4 is 10.1 Å². The molecule has 1 N–H and O–H groups in total. The average molecular weight is 418 g/mol. The standard InChI is InChI=1S/C20H29Cl2NO2S/c1-3-10-26-11-6-9-25-19-16(21)12-15(13-17(19)22)20(24)23-18-8-5-4-7-14(18)2/h12-14,18H,3-11H2,1-2H3,(H,23,24)/t14-,18-/m0/s1. The number of hydrogen-bond acceptors (Lipinski definition) is 3. The predicted molar refractivity (Wildman–Crippen MR) is 113 cm³/mol. The van der Waals surface area contributed by atoms with Crippen LogP contribution in [0.5, 0.6) is 5.75 Å². The van der Waals surface area contributed by atoms with Gasteiger partial charge in [-0.2, -0.15) is 11.8 Å². The van der Waals surface area contributed by atoms with Crippen molar-refractivity contribution in [3.05, 3.63) is 27.7 Å². The smallest absolute Gasteiger partial charge is 0.251 e. The number of carbonyl (C=O) groups excluding carboxylic acids is 1. The van der Waals surface area contributed by atoms with E-state index in [9.17, 15) is 4.79 Å². The molecule has 1 aliphatic rings. The summed E-state index contributed by atoms with van der Waals surface area (Å²) in [5, 5.41) is 3.91. The molecule has 2 rings (SSSR count). The van der Waals surface area contributed by atoms with Gasteiger partial charge in [0, 0.05) is 11.6 Å². The molecule has 0 bridgehead atoms. The van der Waals surface area contributed by atoms with Crippen molar-refractivity contribution in [3.63, 3.8) is 0 Å². The van der Waals surface area contributed by atoms with Gasteiger partial charge in [0.25, 0.3) is 5.91 Å². The normalized spacial score (nSPS) is 20.0. The summed E-state index contributed by atoms with van der Waals surface area (Å²) in [6.07, 6.45) is 6.74. The minimum atomic E-state index is -0.116. The lowest BCUT2D eigenvalue weighted by atomic mass is 9.86. The number of hydrogen-bond donors (Lipinski definition) is 1. The second-order valence-corrected chi connectivity index (χ2v) is 8.96. The molecule has 1 amide bonds. The molecule has 6 heteroatoms. The Labute approximate surface area is 171 Å². The van der Waals surface area contributed by atoms with E-state index in [0.717, 1.165) is 25.0 Å². The quantitative estimate of drug-likeness (QED) is 0.484. The molecule has 0 spiro atoms. The lowest BCUT2D eigenvalue weighted by molar-refractivity contribution is 0.0910. The Morgan fingerprint density at radius 2 is 1.92 bits per heavy atom. The van der Waals surface area contributed by atoms with Crippen molar-refractivity contribution in [1.82, 2.24) is 5.32 Å². The van der Waals surface area contributed by atoms with Gasteiger partial charge < -0.3 is 10.1 Å². The first-order valence-corrected chi connectivity index (χ1v) is 11.4. The lowest BCUT2D eigenvalue weighted by Gasteiger charge is -2.29. The van der Waals surface area contributed by atoms with Crippen LogP contribution in [-0.2, 0) is 0 Å². The predicted octanol–water partition coefficient (Wildman–Crippen LogP) is 6.21. The summed E-state index contributed by atoms with van der Waals surface area (Å²) in [4.78, 5) is 12.6. The summed E-state index contributed by atoms with van der Waals surface area (Å²) in [6, 6.07) is 3.53. The van der Waals surface area contributed by atoms with Gasteiger partial charge in [0.05, 0.1) is 16.7 Å². The first kappa shape index (κ1) is 21.7. The van der Waals surface area contributed by atoms with Crippen molar-refractivity contribution in [2.75, 3.05) is 18.1 Å². The highest BCUT2D eigenvalue weighted by Gasteiger charge is 2.24. The van der Waals surface area contributed by atoms with Gasteiger partial charge in [-0.25, -0.2) is 0 Å². The van der Waals surface area contributed by atoms with E-state index in [-0.39, 0.29) is 11.9 Å². The van der Waals surface area contributed by atoms with Crippen molar-refractivity contribution < 1.29 is 9.53 Å². The lowest BCUT2D eigenvalue weighted by Crippen LogP contribution is -2.41. The summed E-state index contributed by atoms with van der Waals surface area (Å²) >= 11 is 14.6. The van der Waals surface area contributed by atoms with E-state index in [1.165, 1.54) is 25.0 Å². The summed E-state index contributed by atoms with van der Waals surface area (Å²) in [6.45, 7) is 4.94. The molecule has 2 atom stereocenters. The van der Waals surface area contributed by atoms with Crippen molar-refractivity contribution in [1.29, 1.82) is 0 Å². The van der Waals surface area contributed by atoms with Crippen LogP contribution in [0.25, 0.3) is 0 Å². The molecule has 3 nitrogen and oxygen atoms in total. The Balaban J connectivity index is 1.91. The van der Waals surface area contributed by atoms with Gasteiger partial charge in [0.1, 0.15) is 0 Å². The number of ether oxygens (including phenoxy) is 1. The molecule has 146 valence electrons. The minimum Gasteiger partial charge on any atom is -0.490 e. The van der Waals surface area contributed by atoms with Crippen molar-refractivity contribution >= 4 is 40.9 Å². The number of benzene rings is 1. The van der Waals surface area contributed by atoms with Crippen LogP contribution in [0.4, 0.5) is 0 Å². The SMILES string of the molecule is CCCSCCCOc1c(Cl)cc(C(=O)N[C@H]2CCCC[C@@H]2C)cc1Cl. The highest BCUT2D eigenvalue weighted by molar-refractivity contribution is 7.99. The van der Waals surface area contributed by atoms with Gasteiger partial charge in [0.2, 0.25) is 0 Å². The molecule has 1 aromatic carbocycles. The molecule has 1 aromatic rings. The van der Waals surface area contributed by atoms with Crippen LogP contribution >= 0.6 is 35.0 Å². The largest absolute Gasteiger partial charge is 0.490 e. The van der Waals surface area contributed by atoms with Crippen LogP contribution in [0, 0.1) is 5.92 Å². The maximum absolute atomic E-state index is 12.6. The summed E-state index contributed by atoms with van der Waals surface area (Å²) in [5.74, 6) is 3.09. The van der Waals surface area contributed by atoms with Gasteiger partial charge in [-0.05, 0) is 55.2 Å². The fourth-order valence-electron chi connectivity index (χ4n) is 3.19. The molecule has 0 unspecified atom stereocenters. The number of rotatable bonds is 9. The highest BCUT2D eigenvalue weighted by Crippen LogP contribution is 2.34. The summed E-state index contributed by atoms with van der Waals surface area (Å²) in [7, 11) is 0. The van der Waals surface area contributed by atoms with E-state index >= 15 is 0 Å². The van der Waals surface area contributed by atoms with Gasteiger partial charge in [0.15, 0.2) is 5.75 Å². The fourth-order valence-corrected chi connectivity index (χ4v) is 4.60. The number of nitrogens with one attached hydrogen (secondary N) is 1. The zero-order valence-corrected chi connectivity index (χ0v) is 18.0. The number of thioether (sulfide) groups is 1. The van der Waals surface area contributed by atoms with Crippen molar-refractivity contribution in [3.8, 4) is 5.75 Å². The summed E-state index contributed by atoms with van der Waals surface area (Å²) < 4.78 is 5.74. The highest BCUT2D eigenvalue weighted by atomic mass is 35.5. The molecule has 0 heterocycles. The van der Waals surface area contributed by atoms with E-state index in [2.05, 4.69) is 19.2 Å². The maximum Gasteiger partial charge on any atom is 0.251 e. The minimum absolute atomic E-state index is 0.116. The third-order valence-electron chi connectivity index (χ3n) is 4.72. The molecular weight excluding hydrogens is 389 g/mol. The van der Waals surface area contributed by atoms with Gasteiger partial charge in [-0.1, -0.05) is 49.9 Å². The van der Waals surface area contributed by atoms with Crippen LogP contribution in [-0.4, -0.2) is 30.1 Å². The molecule has 0 radical (unpaired) electrons. The summed E-state index contributed by atoms with van der Waals surface area (Å²) in [5.41, 5.74) is 0.489. The second-order valence-electron chi connectivity index (χ2n) is 6.93. The van der Waals surface area contributed by atoms with E-state index in [1.54, 1.807) is 12.1 Å². The van der Waals surface area contributed by atoms with E-state index in [0.29, 0.717) is 33.9 Å². The molecule has 1 aliphatic carbocycles. The van der Waals surface area contributed by atoms with Crippen LogP contribution in [0.2, 0.25) is 10.0 Å². The van der Waals surface area contributed by atoms with Crippen molar-refractivity contribution in [2.45, 2.75) is 58.4 Å². The Kier molecular flexibility index (Phi) is 9.44. The molecule has 26 heavy (non-hydrogen) atoms. The zero-order valence-electron chi connectivity index (χ0n) is 15.7. The Bertz CT molecular complexity index is 574. The maximum atomic E-state index is 12.6. The van der Waals surface area contributed by atoms with Gasteiger partial charge in [-0.3, -0.25) is 4.79 Å². The average Bonchev–Trinajstić information content (AvgIpc) is 2.61. The van der Waals surface area contributed by atoms with Crippen LogP contribution in [0.1, 0.15) is 62.7 Å². The topological polar surface area (TPSA) is 38.3 Å². The molecular formula is C20H29Cl2NO2S. The van der Waals surface area contributed by atoms with Crippen LogP contribution in [0.3, 0.4) is 0 Å².